The average Bonchev–Trinajstić information content (AvgIpc) is 2.72. The lowest BCUT2D eigenvalue weighted by atomic mass is 10.1. The SMILES string of the molecule is CCNC(=NCC(=O)NC(C)(C)C)NCCc1sc(C)nc1C.I. The number of nitrogens with one attached hydrogen (secondary N) is 3. The Morgan fingerprint density at radius 2 is 1.92 bits per heavy atom. The Morgan fingerprint density at radius 3 is 2.42 bits per heavy atom. The molecular weight excluding hydrogens is 437 g/mol. The van der Waals surface area contributed by atoms with Crippen molar-refractivity contribution in [1.82, 2.24) is 20.9 Å². The first-order chi connectivity index (χ1) is 10.7. The van der Waals surface area contributed by atoms with Gasteiger partial charge >= 0.3 is 0 Å². The molecule has 0 atom stereocenters. The van der Waals surface area contributed by atoms with Gasteiger partial charge in [-0.3, -0.25) is 4.79 Å². The number of nitrogens with zero attached hydrogens (tertiary/aromatic N) is 2. The molecule has 0 aliphatic carbocycles. The number of carbonyl (C=O) groups excluding carboxylic acids is 1. The number of guanidine groups is 1. The molecule has 0 fully saturated rings. The molecule has 0 spiro atoms. The van der Waals surface area contributed by atoms with Crippen LogP contribution in [-0.2, 0) is 11.2 Å². The fourth-order valence-electron chi connectivity index (χ4n) is 2.05. The third-order valence-electron chi connectivity index (χ3n) is 2.88. The fraction of sp³-hybridized carbons (Fsp3) is 0.688. The van der Waals surface area contributed by atoms with Gasteiger partial charge in [0.1, 0.15) is 6.54 Å². The maximum atomic E-state index is 11.8. The van der Waals surface area contributed by atoms with E-state index in [1.807, 2.05) is 41.5 Å². The van der Waals surface area contributed by atoms with Crippen molar-refractivity contribution < 1.29 is 4.79 Å². The van der Waals surface area contributed by atoms with E-state index in [1.165, 1.54) is 4.88 Å². The maximum Gasteiger partial charge on any atom is 0.242 e. The van der Waals surface area contributed by atoms with Gasteiger partial charge in [0.25, 0.3) is 0 Å². The Kier molecular flexibility index (Phi) is 10.5. The third kappa shape index (κ3) is 9.41. The third-order valence-corrected chi connectivity index (χ3v) is 4.02. The molecule has 0 aliphatic rings. The molecule has 0 saturated heterocycles. The average molecular weight is 467 g/mol. The number of halogens is 1. The van der Waals surface area contributed by atoms with Gasteiger partial charge in [0.2, 0.25) is 5.91 Å². The quantitative estimate of drug-likeness (QED) is 0.341. The summed E-state index contributed by atoms with van der Waals surface area (Å²) in [5.41, 5.74) is 0.862. The maximum absolute atomic E-state index is 11.8. The molecule has 1 amide bonds. The van der Waals surface area contributed by atoms with E-state index in [0.29, 0.717) is 5.96 Å². The van der Waals surface area contributed by atoms with Gasteiger partial charge in [-0.2, -0.15) is 0 Å². The fourth-order valence-corrected chi connectivity index (χ4v) is 2.99. The number of aliphatic imine (C=N–C) groups is 1. The van der Waals surface area contributed by atoms with Crippen LogP contribution in [0.1, 0.15) is 43.3 Å². The summed E-state index contributed by atoms with van der Waals surface area (Å²) in [5, 5.41) is 10.4. The zero-order valence-electron chi connectivity index (χ0n) is 15.4. The molecule has 0 aliphatic heterocycles. The monoisotopic (exact) mass is 467 g/mol. The predicted molar refractivity (Wildman–Crippen MR) is 113 cm³/mol. The van der Waals surface area contributed by atoms with Gasteiger partial charge in [0.05, 0.1) is 10.7 Å². The first-order valence-electron chi connectivity index (χ1n) is 7.97. The van der Waals surface area contributed by atoms with Crippen LogP contribution >= 0.6 is 35.3 Å². The van der Waals surface area contributed by atoms with Gasteiger partial charge in [0.15, 0.2) is 5.96 Å². The second-order valence-electron chi connectivity index (χ2n) is 6.41. The number of hydrogen-bond donors (Lipinski definition) is 3. The van der Waals surface area contributed by atoms with Crippen LogP contribution < -0.4 is 16.0 Å². The molecule has 0 bridgehead atoms. The van der Waals surface area contributed by atoms with Crippen molar-refractivity contribution in [2.75, 3.05) is 19.6 Å². The van der Waals surface area contributed by atoms with Crippen LogP contribution in [0, 0.1) is 13.8 Å². The highest BCUT2D eigenvalue weighted by Crippen LogP contribution is 2.16. The van der Waals surface area contributed by atoms with Gasteiger partial charge in [0, 0.05) is 29.9 Å². The van der Waals surface area contributed by atoms with E-state index in [1.54, 1.807) is 11.3 Å². The molecule has 0 radical (unpaired) electrons. The van der Waals surface area contributed by atoms with E-state index in [-0.39, 0.29) is 42.0 Å². The molecule has 0 saturated carbocycles. The number of hydrogen-bond acceptors (Lipinski definition) is 4. The summed E-state index contributed by atoms with van der Waals surface area (Å²) < 4.78 is 0. The summed E-state index contributed by atoms with van der Waals surface area (Å²) in [4.78, 5) is 21.9. The molecule has 1 heterocycles. The van der Waals surface area contributed by atoms with Crippen LogP contribution in [0.4, 0.5) is 0 Å². The standard InChI is InChI=1S/C16H29N5OS.HI/c1-7-17-15(19-10-14(22)21-16(4,5)6)18-9-8-13-11(2)20-12(3)23-13;/h7-10H2,1-6H3,(H,21,22)(H2,17,18,19);1H. The molecule has 8 heteroatoms. The molecule has 1 rings (SSSR count). The van der Waals surface area contributed by atoms with Crippen molar-refractivity contribution in [3.8, 4) is 0 Å². The van der Waals surface area contributed by atoms with Crippen molar-refractivity contribution in [3.63, 3.8) is 0 Å². The summed E-state index contributed by atoms with van der Waals surface area (Å²) in [6.07, 6.45) is 0.899. The highest BCUT2D eigenvalue weighted by Gasteiger charge is 2.13. The number of rotatable bonds is 6. The van der Waals surface area contributed by atoms with E-state index in [4.69, 9.17) is 0 Å². The molecule has 6 nitrogen and oxygen atoms in total. The Hall–Kier alpha value is -0.900. The van der Waals surface area contributed by atoms with Crippen molar-refractivity contribution in [3.05, 3.63) is 15.6 Å². The van der Waals surface area contributed by atoms with Crippen LogP contribution in [0.3, 0.4) is 0 Å². The normalized spacial score (nSPS) is 11.7. The second-order valence-corrected chi connectivity index (χ2v) is 7.70. The van der Waals surface area contributed by atoms with Gasteiger partial charge in [-0.15, -0.1) is 35.3 Å². The predicted octanol–water partition coefficient (Wildman–Crippen LogP) is 2.39. The Labute approximate surface area is 166 Å². The number of carbonyl (C=O) groups is 1. The van der Waals surface area contributed by atoms with E-state index in [0.717, 1.165) is 30.2 Å². The molecule has 1 aromatic rings. The molecular formula is C16H30IN5OS. The lowest BCUT2D eigenvalue weighted by Crippen LogP contribution is -2.43. The topological polar surface area (TPSA) is 78.4 Å². The number of aromatic nitrogens is 1. The number of amides is 1. The van der Waals surface area contributed by atoms with Crippen molar-refractivity contribution in [2.45, 2.75) is 53.5 Å². The van der Waals surface area contributed by atoms with Gasteiger partial charge in [-0.1, -0.05) is 0 Å². The number of thiazole rings is 1. The Morgan fingerprint density at radius 1 is 1.25 bits per heavy atom. The highest BCUT2D eigenvalue weighted by atomic mass is 127. The van der Waals surface area contributed by atoms with Gasteiger partial charge in [-0.05, 0) is 41.5 Å². The minimum Gasteiger partial charge on any atom is -0.357 e. The Balaban J connectivity index is 0.00000529. The lowest BCUT2D eigenvalue weighted by molar-refractivity contribution is -0.121. The summed E-state index contributed by atoms with van der Waals surface area (Å²) in [7, 11) is 0. The van der Waals surface area contributed by atoms with Crippen molar-refractivity contribution in [2.24, 2.45) is 4.99 Å². The van der Waals surface area contributed by atoms with Crippen LogP contribution in [0.15, 0.2) is 4.99 Å². The molecule has 0 aromatic carbocycles. The smallest absolute Gasteiger partial charge is 0.242 e. The summed E-state index contributed by atoms with van der Waals surface area (Å²) in [5.74, 6) is 0.582. The minimum atomic E-state index is -0.236. The summed E-state index contributed by atoms with van der Waals surface area (Å²) in [6.45, 7) is 13.6. The highest BCUT2D eigenvalue weighted by molar-refractivity contribution is 14.0. The zero-order valence-corrected chi connectivity index (χ0v) is 18.6. The van der Waals surface area contributed by atoms with Crippen molar-refractivity contribution >= 4 is 47.2 Å². The largest absolute Gasteiger partial charge is 0.357 e. The van der Waals surface area contributed by atoms with Gasteiger partial charge < -0.3 is 16.0 Å². The first kappa shape index (κ1) is 23.1. The van der Waals surface area contributed by atoms with E-state index < -0.39 is 0 Å². The Bertz CT molecular complexity index is 551. The lowest BCUT2D eigenvalue weighted by Gasteiger charge is -2.20. The molecule has 0 unspecified atom stereocenters. The van der Waals surface area contributed by atoms with E-state index in [9.17, 15) is 4.79 Å². The zero-order chi connectivity index (χ0) is 17.5. The van der Waals surface area contributed by atoms with Crippen LogP contribution in [0.5, 0.6) is 0 Å². The van der Waals surface area contributed by atoms with Crippen LogP contribution in [-0.4, -0.2) is 42.0 Å². The van der Waals surface area contributed by atoms with Crippen molar-refractivity contribution in [1.29, 1.82) is 0 Å². The summed E-state index contributed by atoms with van der Waals surface area (Å²) >= 11 is 1.73. The molecule has 1 aromatic heterocycles. The van der Waals surface area contributed by atoms with Crippen LogP contribution in [0.2, 0.25) is 0 Å². The molecule has 138 valence electrons. The van der Waals surface area contributed by atoms with Crippen LogP contribution in [0.25, 0.3) is 0 Å². The van der Waals surface area contributed by atoms with Gasteiger partial charge in [-0.25, -0.2) is 9.98 Å². The van der Waals surface area contributed by atoms with E-state index >= 15 is 0 Å². The first-order valence-corrected chi connectivity index (χ1v) is 8.79. The molecule has 24 heavy (non-hydrogen) atoms. The summed E-state index contributed by atoms with van der Waals surface area (Å²) in [6, 6.07) is 0. The second kappa shape index (κ2) is 10.9. The minimum absolute atomic E-state index is 0. The number of aryl methyl sites for hydroxylation is 2. The molecule has 3 N–H and O–H groups in total. The van der Waals surface area contributed by atoms with E-state index in [2.05, 4.69) is 25.9 Å².